The predicted octanol–water partition coefficient (Wildman–Crippen LogP) is 4.21. The molecule has 0 bridgehead atoms. The van der Waals surface area contributed by atoms with Gasteiger partial charge in [0.1, 0.15) is 5.82 Å². The van der Waals surface area contributed by atoms with E-state index in [-0.39, 0.29) is 11.9 Å². The SMILES string of the molecule is C=C(C)CCC(NC)c1cccc(Br)c1F. The molecule has 1 N–H and O–H groups in total. The smallest absolute Gasteiger partial charge is 0.142 e. The molecule has 16 heavy (non-hydrogen) atoms. The molecule has 0 aliphatic rings. The Balaban J connectivity index is 2.86. The fourth-order valence-corrected chi connectivity index (χ4v) is 2.02. The van der Waals surface area contributed by atoms with Crippen molar-refractivity contribution in [2.45, 2.75) is 25.8 Å². The average Bonchev–Trinajstić information content (AvgIpc) is 2.24. The number of benzene rings is 1. The van der Waals surface area contributed by atoms with Crippen LogP contribution in [0, 0.1) is 5.82 Å². The van der Waals surface area contributed by atoms with Gasteiger partial charge < -0.3 is 5.32 Å². The molecule has 1 atom stereocenters. The fraction of sp³-hybridized carbons (Fsp3) is 0.385. The second-order valence-electron chi connectivity index (χ2n) is 3.98. The first-order valence-corrected chi connectivity index (χ1v) is 6.11. The molecule has 0 aliphatic heterocycles. The Morgan fingerprint density at radius 2 is 2.25 bits per heavy atom. The van der Waals surface area contributed by atoms with Crippen LogP contribution >= 0.6 is 15.9 Å². The average molecular weight is 286 g/mol. The van der Waals surface area contributed by atoms with Crippen LogP contribution in [-0.4, -0.2) is 7.05 Å². The van der Waals surface area contributed by atoms with E-state index in [0.29, 0.717) is 10.0 Å². The van der Waals surface area contributed by atoms with E-state index in [0.717, 1.165) is 18.4 Å². The van der Waals surface area contributed by atoms with E-state index in [2.05, 4.69) is 27.8 Å². The van der Waals surface area contributed by atoms with Gasteiger partial charge in [0.2, 0.25) is 0 Å². The van der Waals surface area contributed by atoms with Crippen LogP contribution in [0.5, 0.6) is 0 Å². The van der Waals surface area contributed by atoms with Crippen LogP contribution in [0.1, 0.15) is 31.4 Å². The standard InChI is InChI=1S/C13H17BrFN/c1-9(2)7-8-12(16-3)10-5-4-6-11(14)13(10)15/h4-6,12,16H,1,7-8H2,2-3H3. The van der Waals surface area contributed by atoms with Crippen molar-refractivity contribution in [2.75, 3.05) is 7.05 Å². The summed E-state index contributed by atoms with van der Waals surface area (Å²) >= 11 is 3.20. The zero-order chi connectivity index (χ0) is 12.1. The number of nitrogens with one attached hydrogen (secondary N) is 1. The molecular weight excluding hydrogens is 269 g/mol. The summed E-state index contributed by atoms with van der Waals surface area (Å²) in [6.07, 6.45) is 1.76. The second-order valence-corrected chi connectivity index (χ2v) is 4.83. The molecule has 0 aliphatic carbocycles. The minimum atomic E-state index is -0.177. The molecular formula is C13H17BrFN. The molecule has 0 heterocycles. The van der Waals surface area contributed by atoms with E-state index in [1.54, 1.807) is 6.07 Å². The Labute approximate surface area is 105 Å². The summed E-state index contributed by atoms with van der Waals surface area (Å²) in [5, 5.41) is 3.14. The third-order valence-corrected chi connectivity index (χ3v) is 3.18. The Morgan fingerprint density at radius 1 is 1.56 bits per heavy atom. The van der Waals surface area contributed by atoms with Gasteiger partial charge >= 0.3 is 0 Å². The largest absolute Gasteiger partial charge is 0.313 e. The number of allylic oxidation sites excluding steroid dienone is 1. The molecule has 88 valence electrons. The molecule has 0 fully saturated rings. The highest BCUT2D eigenvalue weighted by molar-refractivity contribution is 9.10. The Hall–Kier alpha value is -0.670. The van der Waals surface area contributed by atoms with Crippen LogP contribution < -0.4 is 5.32 Å². The lowest BCUT2D eigenvalue weighted by molar-refractivity contribution is 0.506. The minimum absolute atomic E-state index is 0.0363. The van der Waals surface area contributed by atoms with E-state index >= 15 is 0 Å². The molecule has 0 radical (unpaired) electrons. The van der Waals surface area contributed by atoms with Crippen molar-refractivity contribution in [2.24, 2.45) is 0 Å². The monoisotopic (exact) mass is 285 g/mol. The summed E-state index contributed by atoms with van der Waals surface area (Å²) in [5.41, 5.74) is 1.83. The lowest BCUT2D eigenvalue weighted by Crippen LogP contribution is -2.17. The van der Waals surface area contributed by atoms with E-state index in [1.165, 1.54) is 0 Å². The maximum absolute atomic E-state index is 13.9. The molecule has 0 amide bonds. The number of halogens is 2. The van der Waals surface area contributed by atoms with Gasteiger partial charge in [0, 0.05) is 11.6 Å². The fourth-order valence-electron chi connectivity index (χ4n) is 1.64. The first kappa shape index (κ1) is 13.4. The van der Waals surface area contributed by atoms with Crippen molar-refractivity contribution < 1.29 is 4.39 Å². The van der Waals surface area contributed by atoms with Crippen molar-refractivity contribution in [3.05, 3.63) is 46.2 Å². The van der Waals surface area contributed by atoms with Crippen molar-refractivity contribution in [3.8, 4) is 0 Å². The van der Waals surface area contributed by atoms with Crippen molar-refractivity contribution in [3.63, 3.8) is 0 Å². The van der Waals surface area contributed by atoms with Crippen LogP contribution in [0.15, 0.2) is 34.8 Å². The Kier molecular flexibility index (Phi) is 5.16. The maximum Gasteiger partial charge on any atom is 0.142 e. The molecule has 3 heteroatoms. The summed E-state index contributed by atoms with van der Waals surface area (Å²) in [7, 11) is 1.85. The molecule has 1 rings (SSSR count). The van der Waals surface area contributed by atoms with E-state index in [1.807, 2.05) is 26.1 Å². The summed E-state index contributed by atoms with van der Waals surface area (Å²) < 4.78 is 14.4. The molecule has 1 nitrogen and oxygen atoms in total. The highest BCUT2D eigenvalue weighted by atomic mass is 79.9. The Bertz CT molecular complexity index is 376. The lowest BCUT2D eigenvalue weighted by atomic mass is 10.00. The second kappa shape index (κ2) is 6.16. The van der Waals surface area contributed by atoms with Crippen molar-refractivity contribution in [1.82, 2.24) is 5.32 Å². The van der Waals surface area contributed by atoms with Gasteiger partial charge in [-0.05, 0) is 48.8 Å². The number of hydrogen-bond acceptors (Lipinski definition) is 1. The Morgan fingerprint density at radius 3 is 2.81 bits per heavy atom. The quantitative estimate of drug-likeness (QED) is 0.800. The van der Waals surface area contributed by atoms with Gasteiger partial charge in [-0.1, -0.05) is 17.7 Å². The molecule has 0 saturated carbocycles. The number of hydrogen-bond donors (Lipinski definition) is 1. The summed E-state index contributed by atoms with van der Waals surface area (Å²) in [4.78, 5) is 0. The van der Waals surface area contributed by atoms with Gasteiger partial charge in [-0.25, -0.2) is 4.39 Å². The highest BCUT2D eigenvalue weighted by Gasteiger charge is 2.15. The van der Waals surface area contributed by atoms with Crippen LogP contribution in [0.4, 0.5) is 4.39 Å². The van der Waals surface area contributed by atoms with Crippen LogP contribution in [0.2, 0.25) is 0 Å². The minimum Gasteiger partial charge on any atom is -0.313 e. The first-order valence-electron chi connectivity index (χ1n) is 5.31. The van der Waals surface area contributed by atoms with Gasteiger partial charge in [0.15, 0.2) is 0 Å². The maximum atomic E-state index is 13.9. The molecule has 1 unspecified atom stereocenters. The first-order chi connectivity index (χ1) is 7.56. The zero-order valence-electron chi connectivity index (χ0n) is 9.69. The lowest BCUT2D eigenvalue weighted by Gasteiger charge is -2.17. The predicted molar refractivity (Wildman–Crippen MR) is 69.9 cm³/mol. The van der Waals surface area contributed by atoms with Gasteiger partial charge in [0.05, 0.1) is 4.47 Å². The van der Waals surface area contributed by atoms with Gasteiger partial charge in [-0.2, -0.15) is 0 Å². The van der Waals surface area contributed by atoms with Crippen molar-refractivity contribution in [1.29, 1.82) is 0 Å². The van der Waals surface area contributed by atoms with E-state index in [9.17, 15) is 4.39 Å². The van der Waals surface area contributed by atoms with E-state index in [4.69, 9.17) is 0 Å². The topological polar surface area (TPSA) is 12.0 Å². The molecule has 0 spiro atoms. The van der Waals surface area contributed by atoms with Gasteiger partial charge in [-0.3, -0.25) is 0 Å². The van der Waals surface area contributed by atoms with Gasteiger partial charge in [-0.15, -0.1) is 6.58 Å². The summed E-state index contributed by atoms with van der Waals surface area (Å²) in [6, 6.07) is 5.42. The molecule has 0 saturated heterocycles. The normalized spacial score (nSPS) is 12.5. The molecule has 1 aromatic rings. The van der Waals surface area contributed by atoms with Crippen LogP contribution in [0.25, 0.3) is 0 Å². The zero-order valence-corrected chi connectivity index (χ0v) is 11.3. The number of rotatable bonds is 5. The van der Waals surface area contributed by atoms with Gasteiger partial charge in [0.25, 0.3) is 0 Å². The summed E-state index contributed by atoms with van der Waals surface area (Å²) in [6.45, 7) is 5.85. The molecule has 0 aromatic heterocycles. The van der Waals surface area contributed by atoms with Crippen LogP contribution in [0.3, 0.4) is 0 Å². The summed E-state index contributed by atoms with van der Waals surface area (Å²) in [5.74, 6) is -0.177. The third-order valence-electron chi connectivity index (χ3n) is 2.57. The van der Waals surface area contributed by atoms with Crippen LogP contribution in [-0.2, 0) is 0 Å². The highest BCUT2D eigenvalue weighted by Crippen LogP contribution is 2.26. The molecule has 1 aromatic carbocycles. The van der Waals surface area contributed by atoms with E-state index < -0.39 is 0 Å². The van der Waals surface area contributed by atoms with Crippen molar-refractivity contribution >= 4 is 15.9 Å². The third kappa shape index (κ3) is 3.42.